The smallest absolute Gasteiger partial charge is 0.336 e. The van der Waals surface area contributed by atoms with Crippen LogP contribution in [0.5, 0.6) is 11.5 Å². The number of unbranched alkanes of at least 4 members (excludes halogenated alkanes) is 1. The molecule has 3 aromatic rings. The molecule has 4 rings (SSSR count). The molecule has 6 heteroatoms. The largest absolute Gasteiger partial charge is 0.497 e. The summed E-state index contributed by atoms with van der Waals surface area (Å²) in [5.41, 5.74) is 3.35. The second-order valence-corrected chi connectivity index (χ2v) is 8.07. The lowest BCUT2D eigenvalue weighted by Gasteiger charge is -2.30. The number of hydrogen-bond donors (Lipinski definition) is 0. The summed E-state index contributed by atoms with van der Waals surface area (Å²) >= 11 is 6.54. The van der Waals surface area contributed by atoms with Gasteiger partial charge in [-0.1, -0.05) is 37.1 Å². The molecule has 0 fully saturated rings. The Hall–Kier alpha value is -2.50. The first-order valence-corrected chi connectivity index (χ1v) is 10.7. The monoisotopic (exact) mass is 427 g/mol. The Morgan fingerprint density at radius 2 is 1.97 bits per heavy atom. The molecule has 0 bridgehead atoms. The molecule has 1 aromatic heterocycles. The van der Waals surface area contributed by atoms with E-state index in [4.69, 9.17) is 25.5 Å². The van der Waals surface area contributed by atoms with Gasteiger partial charge in [0.1, 0.15) is 23.8 Å². The molecule has 1 aliphatic rings. The summed E-state index contributed by atoms with van der Waals surface area (Å²) in [7, 11) is 1.67. The molecule has 2 aromatic carbocycles. The van der Waals surface area contributed by atoms with Crippen molar-refractivity contribution in [1.82, 2.24) is 4.90 Å². The fourth-order valence-electron chi connectivity index (χ4n) is 3.89. The topological polar surface area (TPSA) is 51.9 Å². The fraction of sp³-hybridized carbons (Fsp3) is 0.375. The van der Waals surface area contributed by atoms with E-state index in [1.54, 1.807) is 13.2 Å². The number of ether oxygens (including phenoxy) is 2. The number of hydrogen-bond acceptors (Lipinski definition) is 5. The lowest BCUT2D eigenvalue weighted by molar-refractivity contribution is 0.0969. The Morgan fingerprint density at radius 1 is 1.17 bits per heavy atom. The third-order valence-corrected chi connectivity index (χ3v) is 5.85. The normalized spacial score (nSPS) is 13.8. The first kappa shape index (κ1) is 20.8. The average molecular weight is 428 g/mol. The first-order chi connectivity index (χ1) is 14.6. The van der Waals surface area contributed by atoms with E-state index in [1.165, 1.54) is 5.56 Å². The quantitative estimate of drug-likeness (QED) is 0.485. The van der Waals surface area contributed by atoms with Crippen molar-refractivity contribution in [3.05, 3.63) is 68.5 Å². The summed E-state index contributed by atoms with van der Waals surface area (Å²) < 4.78 is 16.8. The van der Waals surface area contributed by atoms with Crippen LogP contribution in [0.25, 0.3) is 11.0 Å². The number of nitrogens with zero attached hydrogens (tertiary/aromatic N) is 1. The van der Waals surface area contributed by atoms with Gasteiger partial charge in [0, 0.05) is 24.5 Å². The highest BCUT2D eigenvalue weighted by atomic mass is 35.5. The molecular formula is C24H26ClNO4. The molecule has 0 spiro atoms. The standard InChI is InChI=1S/C24H26ClNO4/c1-3-4-5-17-12-22(27)30-23-19(17)13-21(25)24-20(23)14-26(15-29-24)11-10-16-6-8-18(28-2)9-7-16/h6-9,12-13H,3-5,10-11,14-15H2,1-2H3. The Labute approximate surface area is 181 Å². The highest BCUT2D eigenvalue weighted by Gasteiger charge is 2.25. The summed E-state index contributed by atoms with van der Waals surface area (Å²) in [5.74, 6) is 1.48. The van der Waals surface area contributed by atoms with Crippen LogP contribution >= 0.6 is 11.6 Å². The Balaban J connectivity index is 1.60. The summed E-state index contributed by atoms with van der Waals surface area (Å²) in [6.45, 7) is 4.04. The molecule has 0 aliphatic carbocycles. The van der Waals surface area contributed by atoms with Gasteiger partial charge in [-0.25, -0.2) is 4.79 Å². The van der Waals surface area contributed by atoms with Crippen LogP contribution in [0.2, 0.25) is 5.02 Å². The Kier molecular flexibility index (Phi) is 6.30. The van der Waals surface area contributed by atoms with E-state index in [1.807, 2.05) is 18.2 Å². The van der Waals surface area contributed by atoms with Crippen LogP contribution in [-0.4, -0.2) is 25.3 Å². The van der Waals surface area contributed by atoms with Crippen LogP contribution in [0.15, 0.2) is 45.6 Å². The van der Waals surface area contributed by atoms with Crippen LogP contribution in [0, 0.1) is 0 Å². The lowest BCUT2D eigenvalue weighted by Crippen LogP contribution is -2.34. The molecule has 0 unspecified atom stereocenters. The van der Waals surface area contributed by atoms with Gasteiger partial charge in [0.25, 0.3) is 0 Å². The molecule has 0 atom stereocenters. The molecular weight excluding hydrogens is 402 g/mol. The van der Waals surface area contributed by atoms with Crippen molar-refractivity contribution in [1.29, 1.82) is 0 Å². The number of fused-ring (bicyclic) bond motifs is 3. The zero-order valence-electron chi connectivity index (χ0n) is 17.4. The molecule has 158 valence electrons. The van der Waals surface area contributed by atoms with E-state index >= 15 is 0 Å². The first-order valence-electron chi connectivity index (χ1n) is 10.3. The zero-order valence-corrected chi connectivity index (χ0v) is 18.1. The van der Waals surface area contributed by atoms with Crippen LogP contribution in [0.1, 0.15) is 36.5 Å². The molecule has 0 amide bonds. The van der Waals surface area contributed by atoms with Gasteiger partial charge in [-0.05, 0) is 48.6 Å². The second kappa shape index (κ2) is 9.11. The van der Waals surface area contributed by atoms with Crippen molar-refractivity contribution in [3.8, 4) is 11.5 Å². The van der Waals surface area contributed by atoms with Crippen LogP contribution < -0.4 is 15.1 Å². The van der Waals surface area contributed by atoms with Crippen molar-refractivity contribution in [2.24, 2.45) is 0 Å². The van der Waals surface area contributed by atoms with Gasteiger partial charge in [-0.2, -0.15) is 0 Å². The van der Waals surface area contributed by atoms with Gasteiger partial charge in [-0.3, -0.25) is 4.90 Å². The summed E-state index contributed by atoms with van der Waals surface area (Å²) in [4.78, 5) is 14.4. The Morgan fingerprint density at radius 3 is 2.70 bits per heavy atom. The zero-order chi connectivity index (χ0) is 21.1. The van der Waals surface area contributed by atoms with Gasteiger partial charge in [0.2, 0.25) is 0 Å². The minimum absolute atomic E-state index is 0.325. The minimum atomic E-state index is -0.325. The molecule has 0 N–H and O–H groups in total. The van der Waals surface area contributed by atoms with E-state index in [0.29, 0.717) is 29.6 Å². The number of methoxy groups -OCH3 is 1. The van der Waals surface area contributed by atoms with Crippen LogP contribution in [0.4, 0.5) is 0 Å². The molecule has 5 nitrogen and oxygen atoms in total. The lowest BCUT2D eigenvalue weighted by atomic mass is 10.0. The van der Waals surface area contributed by atoms with E-state index < -0.39 is 0 Å². The fourth-order valence-corrected chi connectivity index (χ4v) is 4.17. The maximum absolute atomic E-state index is 12.2. The predicted octanol–water partition coefficient (Wildman–Crippen LogP) is 5.19. The van der Waals surface area contributed by atoms with Crippen molar-refractivity contribution in [2.75, 3.05) is 20.4 Å². The summed E-state index contributed by atoms with van der Waals surface area (Å²) in [6, 6.07) is 11.5. The Bertz CT molecular complexity index is 1090. The maximum atomic E-state index is 12.2. The molecule has 1 aliphatic heterocycles. The average Bonchev–Trinajstić information content (AvgIpc) is 2.77. The molecule has 0 radical (unpaired) electrons. The molecule has 0 saturated heterocycles. The van der Waals surface area contributed by atoms with E-state index in [0.717, 1.165) is 54.5 Å². The second-order valence-electron chi connectivity index (χ2n) is 7.66. The summed E-state index contributed by atoms with van der Waals surface area (Å²) in [5, 5.41) is 1.48. The van der Waals surface area contributed by atoms with Gasteiger partial charge in [-0.15, -0.1) is 0 Å². The predicted molar refractivity (Wildman–Crippen MR) is 119 cm³/mol. The highest BCUT2D eigenvalue weighted by Crippen LogP contribution is 2.39. The molecule has 30 heavy (non-hydrogen) atoms. The number of rotatable bonds is 7. The summed E-state index contributed by atoms with van der Waals surface area (Å²) in [6.07, 6.45) is 3.78. The third-order valence-electron chi connectivity index (χ3n) is 5.57. The van der Waals surface area contributed by atoms with Crippen molar-refractivity contribution in [2.45, 2.75) is 39.2 Å². The molecule has 2 heterocycles. The third kappa shape index (κ3) is 4.32. The van der Waals surface area contributed by atoms with Crippen LogP contribution in [-0.2, 0) is 19.4 Å². The number of benzene rings is 2. The van der Waals surface area contributed by atoms with Gasteiger partial charge >= 0.3 is 5.63 Å². The minimum Gasteiger partial charge on any atom is -0.497 e. The number of aryl methyl sites for hydroxylation is 1. The van der Waals surface area contributed by atoms with Crippen molar-refractivity contribution >= 4 is 22.6 Å². The number of halogens is 1. The van der Waals surface area contributed by atoms with Crippen molar-refractivity contribution < 1.29 is 13.9 Å². The maximum Gasteiger partial charge on any atom is 0.336 e. The van der Waals surface area contributed by atoms with Gasteiger partial charge < -0.3 is 13.9 Å². The van der Waals surface area contributed by atoms with Gasteiger partial charge in [0.15, 0.2) is 0 Å². The van der Waals surface area contributed by atoms with E-state index in [2.05, 4.69) is 24.0 Å². The highest BCUT2D eigenvalue weighted by molar-refractivity contribution is 6.33. The van der Waals surface area contributed by atoms with Crippen molar-refractivity contribution in [3.63, 3.8) is 0 Å². The van der Waals surface area contributed by atoms with E-state index in [9.17, 15) is 4.79 Å². The van der Waals surface area contributed by atoms with Gasteiger partial charge in [0.05, 0.1) is 17.7 Å². The van der Waals surface area contributed by atoms with E-state index in [-0.39, 0.29) is 5.63 Å². The van der Waals surface area contributed by atoms with Crippen LogP contribution in [0.3, 0.4) is 0 Å². The molecule has 0 saturated carbocycles. The SMILES string of the molecule is CCCCc1cc(=O)oc2c3c(c(Cl)cc12)OCN(CCc1ccc(OC)cc1)C3.